The Morgan fingerprint density at radius 1 is 1.24 bits per heavy atom. The molecule has 1 N–H and O–H groups in total. The highest BCUT2D eigenvalue weighted by Gasteiger charge is 2.24. The van der Waals surface area contributed by atoms with Crippen molar-refractivity contribution in [3.63, 3.8) is 0 Å². The second kappa shape index (κ2) is 6.20. The smallest absolute Gasteiger partial charge is 0.00177 e. The summed E-state index contributed by atoms with van der Waals surface area (Å²) in [6, 6.07) is 8.85. The average molecular weight is 231 g/mol. The van der Waals surface area contributed by atoms with Crippen LogP contribution in [0.4, 0.5) is 0 Å². The van der Waals surface area contributed by atoms with E-state index in [-0.39, 0.29) is 0 Å². The van der Waals surface area contributed by atoms with E-state index in [9.17, 15) is 0 Å². The van der Waals surface area contributed by atoms with Crippen LogP contribution >= 0.6 is 0 Å². The lowest BCUT2D eigenvalue weighted by Gasteiger charge is -2.24. The Morgan fingerprint density at radius 2 is 1.94 bits per heavy atom. The SMILES string of the molecule is CNCC(Cc1ccccc1C)C1CCCC1. The number of hydrogen-bond acceptors (Lipinski definition) is 1. The van der Waals surface area contributed by atoms with E-state index in [1.54, 1.807) is 5.56 Å². The summed E-state index contributed by atoms with van der Waals surface area (Å²) in [4.78, 5) is 0. The Morgan fingerprint density at radius 3 is 2.59 bits per heavy atom. The molecule has 1 unspecified atom stereocenters. The van der Waals surface area contributed by atoms with E-state index in [2.05, 4.69) is 43.6 Å². The minimum atomic E-state index is 0.823. The molecule has 0 spiro atoms. The molecule has 1 heteroatoms. The van der Waals surface area contributed by atoms with Gasteiger partial charge >= 0.3 is 0 Å². The summed E-state index contributed by atoms with van der Waals surface area (Å²) in [5.41, 5.74) is 2.99. The third kappa shape index (κ3) is 3.32. The lowest BCUT2D eigenvalue weighted by Crippen LogP contribution is -2.26. The van der Waals surface area contributed by atoms with Crippen molar-refractivity contribution < 1.29 is 0 Å². The van der Waals surface area contributed by atoms with Crippen LogP contribution in [0.15, 0.2) is 24.3 Å². The Balaban J connectivity index is 2.04. The van der Waals surface area contributed by atoms with Crippen LogP contribution in [0.5, 0.6) is 0 Å². The highest BCUT2D eigenvalue weighted by Crippen LogP contribution is 2.33. The molecule has 2 rings (SSSR count). The van der Waals surface area contributed by atoms with Gasteiger partial charge in [0.25, 0.3) is 0 Å². The molecule has 0 radical (unpaired) electrons. The Labute approximate surface area is 106 Å². The molecule has 0 heterocycles. The van der Waals surface area contributed by atoms with Crippen LogP contribution in [-0.4, -0.2) is 13.6 Å². The molecule has 1 fully saturated rings. The van der Waals surface area contributed by atoms with E-state index >= 15 is 0 Å². The maximum atomic E-state index is 3.38. The summed E-state index contributed by atoms with van der Waals surface area (Å²) in [5.74, 6) is 1.77. The number of rotatable bonds is 5. The van der Waals surface area contributed by atoms with Gasteiger partial charge in [0.15, 0.2) is 0 Å². The van der Waals surface area contributed by atoms with Crippen LogP contribution in [-0.2, 0) is 6.42 Å². The van der Waals surface area contributed by atoms with E-state index in [1.807, 2.05) is 0 Å². The first kappa shape index (κ1) is 12.6. The molecule has 0 bridgehead atoms. The van der Waals surface area contributed by atoms with E-state index in [1.165, 1.54) is 44.2 Å². The number of hydrogen-bond donors (Lipinski definition) is 1. The zero-order valence-corrected chi connectivity index (χ0v) is 11.2. The van der Waals surface area contributed by atoms with Gasteiger partial charge in [-0.15, -0.1) is 0 Å². The third-order valence-electron chi connectivity index (χ3n) is 4.28. The minimum Gasteiger partial charge on any atom is -0.319 e. The van der Waals surface area contributed by atoms with Gasteiger partial charge in [-0.1, -0.05) is 49.9 Å². The van der Waals surface area contributed by atoms with Gasteiger partial charge in [-0.2, -0.15) is 0 Å². The number of aryl methyl sites for hydroxylation is 1. The normalized spacial score (nSPS) is 18.5. The first-order chi connectivity index (χ1) is 8.31. The van der Waals surface area contributed by atoms with Gasteiger partial charge in [-0.05, 0) is 49.9 Å². The topological polar surface area (TPSA) is 12.0 Å². The molecule has 1 aliphatic rings. The van der Waals surface area contributed by atoms with E-state index in [0.29, 0.717) is 0 Å². The second-order valence-corrected chi connectivity index (χ2v) is 5.49. The molecule has 1 atom stereocenters. The molecule has 0 amide bonds. The predicted molar refractivity (Wildman–Crippen MR) is 74.3 cm³/mol. The van der Waals surface area contributed by atoms with Gasteiger partial charge in [-0.25, -0.2) is 0 Å². The monoisotopic (exact) mass is 231 g/mol. The van der Waals surface area contributed by atoms with Gasteiger partial charge in [0.2, 0.25) is 0 Å². The molecular weight excluding hydrogens is 206 g/mol. The summed E-state index contributed by atoms with van der Waals surface area (Å²) in [5, 5.41) is 3.38. The van der Waals surface area contributed by atoms with Crippen molar-refractivity contribution in [1.29, 1.82) is 0 Å². The molecule has 1 aromatic carbocycles. The molecular formula is C16H25N. The average Bonchev–Trinajstić information content (AvgIpc) is 2.85. The van der Waals surface area contributed by atoms with E-state index < -0.39 is 0 Å². The zero-order valence-electron chi connectivity index (χ0n) is 11.2. The van der Waals surface area contributed by atoms with Gasteiger partial charge in [0.1, 0.15) is 0 Å². The van der Waals surface area contributed by atoms with Gasteiger partial charge in [0, 0.05) is 0 Å². The quantitative estimate of drug-likeness (QED) is 0.817. The standard InChI is InChI=1S/C16H25N/c1-13-7-3-4-10-15(13)11-16(12-17-2)14-8-5-6-9-14/h3-4,7,10,14,16-17H,5-6,8-9,11-12H2,1-2H3. The predicted octanol–water partition coefficient (Wildman–Crippen LogP) is 3.56. The van der Waals surface area contributed by atoms with Crippen LogP contribution in [0.2, 0.25) is 0 Å². The molecule has 1 nitrogen and oxygen atoms in total. The van der Waals surface area contributed by atoms with Crippen LogP contribution < -0.4 is 5.32 Å². The summed E-state index contributed by atoms with van der Waals surface area (Å²) < 4.78 is 0. The fourth-order valence-electron chi connectivity index (χ4n) is 3.22. The lowest BCUT2D eigenvalue weighted by atomic mass is 9.84. The molecule has 0 saturated heterocycles. The molecule has 1 aliphatic carbocycles. The van der Waals surface area contributed by atoms with Crippen LogP contribution in [0.25, 0.3) is 0 Å². The first-order valence-corrected chi connectivity index (χ1v) is 7.00. The maximum absolute atomic E-state index is 3.38. The number of nitrogens with one attached hydrogen (secondary N) is 1. The summed E-state index contributed by atoms with van der Waals surface area (Å²) in [7, 11) is 2.08. The number of benzene rings is 1. The van der Waals surface area contributed by atoms with Crippen LogP contribution in [0.3, 0.4) is 0 Å². The third-order valence-corrected chi connectivity index (χ3v) is 4.28. The summed E-state index contributed by atoms with van der Waals surface area (Å²) in [6.45, 7) is 3.40. The van der Waals surface area contributed by atoms with Crippen molar-refractivity contribution in [3.8, 4) is 0 Å². The van der Waals surface area contributed by atoms with Gasteiger partial charge < -0.3 is 5.32 Å². The largest absolute Gasteiger partial charge is 0.319 e. The Kier molecular flexibility index (Phi) is 4.61. The molecule has 94 valence electrons. The molecule has 1 aromatic rings. The van der Waals surface area contributed by atoms with Crippen molar-refractivity contribution in [1.82, 2.24) is 5.32 Å². The van der Waals surface area contributed by atoms with Gasteiger partial charge in [0.05, 0.1) is 0 Å². The lowest BCUT2D eigenvalue weighted by molar-refractivity contribution is 0.328. The molecule has 17 heavy (non-hydrogen) atoms. The summed E-state index contributed by atoms with van der Waals surface area (Å²) in [6.07, 6.45) is 7.02. The van der Waals surface area contributed by atoms with E-state index in [0.717, 1.165) is 11.8 Å². The Hall–Kier alpha value is -0.820. The van der Waals surface area contributed by atoms with Crippen LogP contribution in [0, 0.1) is 18.8 Å². The molecule has 1 saturated carbocycles. The highest BCUT2D eigenvalue weighted by atomic mass is 14.8. The fraction of sp³-hybridized carbons (Fsp3) is 0.625. The summed E-state index contributed by atoms with van der Waals surface area (Å²) >= 11 is 0. The Bertz CT molecular complexity index is 339. The maximum Gasteiger partial charge on any atom is -0.00177 e. The van der Waals surface area contributed by atoms with E-state index in [4.69, 9.17) is 0 Å². The zero-order chi connectivity index (χ0) is 12.1. The minimum absolute atomic E-state index is 0.823. The van der Waals surface area contributed by atoms with Crippen molar-refractivity contribution in [2.45, 2.75) is 39.0 Å². The molecule has 0 aromatic heterocycles. The van der Waals surface area contributed by atoms with Crippen molar-refractivity contribution in [2.75, 3.05) is 13.6 Å². The van der Waals surface area contributed by atoms with Crippen molar-refractivity contribution in [2.24, 2.45) is 11.8 Å². The van der Waals surface area contributed by atoms with Crippen molar-refractivity contribution >= 4 is 0 Å². The first-order valence-electron chi connectivity index (χ1n) is 7.00. The molecule has 0 aliphatic heterocycles. The highest BCUT2D eigenvalue weighted by molar-refractivity contribution is 5.26. The van der Waals surface area contributed by atoms with Crippen molar-refractivity contribution in [3.05, 3.63) is 35.4 Å². The fourth-order valence-corrected chi connectivity index (χ4v) is 3.22. The second-order valence-electron chi connectivity index (χ2n) is 5.49. The van der Waals surface area contributed by atoms with Gasteiger partial charge in [-0.3, -0.25) is 0 Å². The van der Waals surface area contributed by atoms with Crippen LogP contribution in [0.1, 0.15) is 36.8 Å².